The van der Waals surface area contributed by atoms with Gasteiger partial charge in [-0.1, -0.05) is 18.7 Å². The van der Waals surface area contributed by atoms with Crippen LogP contribution in [0.5, 0.6) is 0 Å². The van der Waals surface area contributed by atoms with Crippen molar-refractivity contribution in [2.75, 3.05) is 20.0 Å². The molecule has 0 saturated carbocycles. The highest BCUT2D eigenvalue weighted by Gasteiger charge is 2.06. The second kappa shape index (κ2) is 7.54. The maximum atomic E-state index is 5.96. The Morgan fingerprint density at radius 3 is 2.60 bits per heavy atom. The molecule has 0 atom stereocenters. The molecule has 0 heterocycles. The molecule has 4 N–H and O–H groups in total. The Balaban J connectivity index is 2.88. The van der Waals surface area contributed by atoms with Gasteiger partial charge in [0, 0.05) is 22.3 Å². The van der Waals surface area contributed by atoms with Gasteiger partial charge in [-0.3, -0.25) is 0 Å². The van der Waals surface area contributed by atoms with E-state index in [0.29, 0.717) is 17.8 Å². The lowest BCUT2D eigenvalue weighted by Gasteiger charge is -2.07. The molecule has 0 spiro atoms. The number of allylic oxidation sites excluding steroid dienone is 1. The fourth-order valence-electron chi connectivity index (χ4n) is 1.39. The molecular weight excluding hydrogens is 324 g/mol. The maximum absolute atomic E-state index is 5.96. The van der Waals surface area contributed by atoms with E-state index in [2.05, 4.69) is 32.5 Å². The zero-order valence-electron chi connectivity index (χ0n) is 11.4. The van der Waals surface area contributed by atoms with Crippen molar-refractivity contribution in [1.29, 1.82) is 0 Å². The predicted octanol–water partition coefficient (Wildman–Crippen LogP) is 2.05. The average molecular weight is 341 g/mol. The van der Waals surface area contributed by atoms with Gasteiger partial charge in [-0.2, -0.15) is 0 Å². The molecule has 1 aromatic carbocycles. The number of ether oxygens (including phenoxy) is 2. The van der Waals surface area contributed by atoms with Crippen molar-refractivity contribution >= 4 is 33.7 Å². The van der Waals surface area contributed by atoms with E-state index >= 15 is 0 Å². The SMILES string of the molecule is C=C(Cc1cccc(Br)c1N)N=C(N=C(N)OC)OC. The Morgan fingerprint density at radius 1 is 1.30 bits per heavy atom. The van der Waals surface area contributed by atoms with E-state index in [0.717, 1.165) is 10.0 Å². The lowest BCUT2D eigenvalue weighted by Crippen LogP contribution is -2.16. The molecule has 0 aliphatic carbocycles. The van der Waals surface area contributed by atoms with Crippen LogP contribution >= 0.6 is 15.9 Å². The number of hydrogen-bond donors (Lipinski definition) is 2. The van der Waals surface area contributed by atoms with E-state index in [4.69, 9.17) is 20.9 Å². The van der Waals surface area contributed by atoms with E-state index in [-0.39, 0.29) is 12.0 Å². The molecule has 20 heavy (non-hydrogen) atoms. The first-order valence-corrected chi connectivity index (χ1v) is 6.48. The van der Waals surface area contributed by atoms with Gasteiger partial charge < -0.3 is 20.9 Å². The first kappa shape index (κ1) is 16.0. The Bertz CT molecular complexity index is 555. The third kappa shape index (κ3) is 4.58. The van der Waals surface area contributed by atoms with Crippen LogP contribution in [0.1, 0.15) is 5.56 Å². The van der Waals surface area contributed by atoms with Crippen LogP contribution in [0.25, 0.3) is 0 Å². The average Bonchev–Trinajstić information content (AvgIpc) is 2.42. The van der Waals surface area contributed by atoms with Crippen LogP contribution in [-0.2, 0) is 15.9 Å². The van der Waals surface area contributed by atoms with Crippen LogP contribution in [0.4, 0.5) is 5.69 Å². The molecule has 0 aromatic heterocycles. The number of nitrogens with two attached hydrogens (primary N) is 2. The second-order valence-electron chi connectivity index (χ2n) is 3.81. The van der Waals surface area contributed by atoms with Gasteiger partial charge in [-0.25, -0.2) is 4.99 Å². The molecule has 0 fully saturated rings. The summed E-state index contributed by atoms with van der Waals surface area (Å²) in [6, 6.07) is 5.70. The van der Waals surface area contributed by atoms with Crippen molar-refractivity contribution < 1.29 is 9.47 Å². The van der Waals surface area contributed by atoms with Crippen molar-refractivity contribution in [2.45, 2.75) is 6.42 Å². The van der Waals surface area contributed by atoms with Crippen molar-refractivity contribution in [3.05, 3.63) is 40.5 Å². The molecule has 0 saturated heterocycles. The fraction of sp³-hybridized carbons (Fsp3) is 0.231. The summed E-state index contributed by atoms with van der Waals surface area (Å²) in [4.78, 5) is 7.96. The van der Waals surface area contributed by atoms with Crippen LogP contribution in [0.3, 0.4) is 0 Å². The Morgan fingerprint density at radius 2 is 2.00 bits per heavy atom. The Hall–Kier alpha value is -2.02. The molecule has 0 radical (unpaired) electrons. The summed E-state index contributed by atoms with van der Waals surface area (Å²) in [5.74, 6) is 0. The number of nitrogens with zero attached hydrogens (tertiary/aromatic N) is 2. The molecule has 0 aliphatic heterocycles. The van der Waals surface area contributed by atoms with Gasteiger partial charge in [0.05, 0.1) is 14.2 Å². The summed E-state index contributed by atoms with van der Waals surface area (Å²) in [7, 11) is 2.84. The zero-order valence-corrected chi connectivity index (χ0v) is 13.0. The summed E-state index contributed by atoms with van der Waals surface area (Å²) in [5.41, 5.74) is 13.5. The minimum absolute atomic E-state index is 0.0413. The second-order valence-corrected chi connectivity index (χ2v) is 4.66. The Kier molecular flexibility index (Phi) is 6.05. The number of hydrogen-bond acceptors (Lipinski definition) is 4. The van der Waals surface area contributed by atoms with Gasteiger partial charge in [-0.15, -0.1) is 4.99 Å². The van der Waals surface area contributed by atoms with Crippen molar-refractivity contribution in [3.8, 4) is 0 Å². The number of aliphatic imine (C=N–C) groups is 2. The van der Waals surface area contributed by atoms with Crippen LogP contribution in [0.2, 0.25) is 0 Å². The largest absolute Gasteiger partial charge is 0.468 e. The van der Waals surface area contributed by atoms with Crippen molar-refractivity contribution in [2.24, 2.45) is 15.7 Å². The number of halogens is 1. The fourth-order valence-corrected chi connectivity index (χ4v) is 1.79. The number of amidine groups is 2. The number of para-hydroxylation sites is 1. The summed E-state index contributed by atoms with van der Waals surface area (Å²) >= 11 is 3.37. The number of anilines is 1. The lowest BCUT2D eigenvalue weighted by molar-refractivity contribution is 0.379. The summed E-state index contributed by atoms with van der Waals surface area (Å²) in [5, 5.41) is 0. The van der Waals surface area contributed by atoms with Crippen LogP contribution in [0, 0.1) is 0 Å². The van der Waals surface area contributed by atoms with Gasteiger partial charge in [0.15, 0.2) is 0 Å². The van der Waals surface area contributed by atoms with Crippen molar-refractivity contribution in [3.63, 3.8) is 0 Å². The zero-order chi connectivity index (χ0) is 15.1. The van der Waals surface area contributed by atoms with Crippen molar-refractivity contribution in [1.82, 2.24) is 0 Å². The predicted molar refractivity (Wildman–Crippen MR) is 84.5 cm³/mol. The van der Waals surface area contributed by atoms with E-state index in [9.17, 15) is 0 Å². The van der Waals surface area contributed by atoms with Gasteiger partial charge in [0.2, 0.25) is 0 Å². The summed E-state index contributed by atoms with van der Waals surface area (Å²) in [6.45, 7) is 3.85. The molecule has 1 rings (SSSR count). The molecule has 0 bridgehead atoms. The molecule has 1 aromatic rings. The number of rotatable bonds is 3. The number of benzene rings is 1. The molecule has 7 heteroatoms. The monoisotopic (exact) mass is 340 g/mol. The van der Waals surface area contributed by atoms with Crippen LogP contribution in [0.15, 0.2) is 44.9 Å². The lowest BCUT2D eigenvalue weighted by atomic mass is 10.1. The molecule has 108 valence electrons. The van der Waals surface area contributed by atoms with E-state index in [1.807, 2.05) is 18.2 Å². The molecule has 6 nitrogen and oxygen atoms in total. The van der Waals surface area contributed by atoms with E-state index in [1.54, 1.807) is 0 Å². The smallest absolute Gasteiger partial charge is 0.320 e. The molecule has 0 unspecified atom stereocenters. The van der Waals surface area contributed by atoms with Gasteiger partial charge in [-0.05, 0) is 27.6 Å². The normalized spacial score (nSPS) is 12.2. The number of methoxy groups -OCH3 is 2. The molecular formula is C13H17BrN4O2. The minimum Gasteiger partial charge on any atom is -0.468 e. The highest BCUT2D eigenvalue weighted by molar-refractivity contribution is 9.10. The first-order chi connectivity index (χ1) is 9.47. The minimum atomic E-state index is -0.0413. The third-order valence-electron chi connectivity index (χ3n) is 2.39. The molecule has 0 aliphatic rings. The van der Waals surface area contributed by atoms with Gasteiger partial charge in [0.1, 0.15) is 0 Å². The molecule has 0 amide bonds. The van der Waals surface area contributed by atoms with Crippen LogP contribution in [-0.4, -0.2) is 26.3 Å². The van der Waals surface area contributed by atoms with E-state index in [1.165, 1.54) is 14.2 Å². The van der Waals surface area contributed by atoms with E-state index < -0.39 is 0 Å². The highest BCUT2D eigenvalue weighted by atomic mass is 79.9. The summed E-state index contributed by atoms with van der Waals surface area (Å²) < 4.78 is 10.5. The van der Waals surface area contributed by atoms with Crippen LogP contribution < -0.4 is 11.5 Å². The Labute approximate surface area is 126 Å². The highest BCUT2D eigenvalue weighted by Crippen LogP contribution is 2.24. The van der Waals surface area contributed by atoms with Gasteiger partial charge >= 0.3 is 6.02 Å². The van der Waals surface area contributed by atoms with Gasteiger partial charge in [0.25, 0.3) is 6.02 Å². The number of nitrogen functional groups attached to an aromatic ring is 1. The summed E-state index contributed by atoms with van der Waals surface area (Å²) in [6.07, 6.45) is 0.473. The topological polar surface area (TPSA) is 95.2 Å². The quantitative estimate of drug-likeness (QED) is 0.500. The first-order valence-electron chi connectivity index (χ1n) is 5.69. The maximum Gasteiger partial charge on any atom is 0.320 e. The standard InChI is InChI=1S/C13H17BrN4O2/c1-8(17-13(20-3)18-12(16)19-2)7-9-5-4-6-10(14)11(9)15/h4-6H,1,7,15H2,2-3H3,(H2,16,17,18). The third-order valence-corrected chi connectivity index (χ3v) is 3.08.